The van der Waals surface area contributed by atoms with Gasteiger partial charge in [0.05, 0.1) is 11.1 Å². The standard InChI is InChI=1S/C16H10N2O4/c19-13-7-11(15(21)17-13)10(6-9-4-2-1-3-5-9)12-8-14(20)18-16(12)22/h1-8H,(H,17,19,21)(H,18,20,22). The highest BCUT2D eigenvalue weighted by atomic mass is 16.2. The molecule has 0 saturated heterocycles. The largest absolute Gasteiger partial charge is 0.289 e. The molecule has 0 atom stereocenters. The van der Waals surface area contributed by atoms with Gasteiger partial charge in [-0.05, 0) is 11.6 Å². The summed E-state index contributed by atoms with van der Waals surface area (Å²) in [5, 5.41) is 4.25. The van der Waals surface area contributed by atoms with E-state index in [0.717, 1.165) is 17.7 Å². The van der Waals surface area contributed by atoms with Crippen molar-refractivity contribution < 1.29 is 19.2 Å². The average molecular weight is 294 g/mol. The molecule has 0 unspecified atom stereocenters. The third-order valence-electron chi connectivity index (χ3n) is 3.20. The second kappa shape index (κ2) is 5.25. The van der Waals surface area contributed by atoms with Crippen molar-refractivity contribution in [3.8, 4) is 0 Å². The highest BCUT2D eigenvalue weighted by molar-refractivity contribution is 6.25. The van der Waals surface area contributed by atoms with Crippen molar-refractivity contribution in [2.45, 2.75) is 0 Å². The number of carbonyl (C=O) groups excluding carboxylic acids is 4. The first-order valence-corrected chi connectivity index (χ1v) is 6.46. The summed E-state index contributed by atoms with van der Waals surface area (Å²) in [6.07, 6.45) is 3.83. The predicted molar refractivity (Wildman–Crippen MR) is 76.9 cm³/mol. The molecule has 6 nitrogen and oxygen atoms in total. The lowest BCUT2D eigenvalue weighted by molar-refractivity contribution is -0.125. The molecular weight excluding hydrogens is 284 g/mol. The van der Waals surface area contributed by atoms with E-state index in [-0.39, 0.29) is 16.7 Å². The molecule has 0 aromatic heterocycles. The smallest absolute Gasteiger partial charge is 0.258 e. The number of rotatable bonds is 3. The lowest BCUT2D eigenvalue weighted by Crippen LogP contribution is -2.25. The van der Waals surface area contributed by atoms with Gasteiger partial charge in [-0.1, -0.05) is 30.3 Å². The maximum Gasteiger partial charge on any atom is 0.258 e. The number of benzene rings is 1. The zero-order chi connectivity index (χ0) is 15.7. The van der Waals surface area contributed by atoms with Crippen LogP contribution in [0.2, 0.25) is 0 Å². The van der Waals surface area contributed by atoms with Crippen molar-refractivity contribution in [2.24, 2.45) is 0 Å². The van der Waals surface area contributed by atoms with Gasteiger partial charge in [-0.3, -0.25) is 29.8 Å². The summed E-state index contributed by atoms with van der Waals surface area (Å²) in [6, 6.07) is 8.99. The maximum absolute atomic E-state index is 11.9. The zero-order valence-electron chi connectivity index (χ0n) is 11.3. The van der Waals surface area contributed by atoms with Gasteiger partial charge in [-0.2, -0.15) is 0 Å². The highest BCUT2D eigenvalue weighted by Crippen LogP contribution is 2.27. The van der Waals surface area contributed by atoms with Crippen molar-refractivity contribution in [1.29, 1.82) is 0 Å². The topological polar surface area (TPSA) is 92.3 Å². The molecule has 0 fully saturated rings. The molecule has 0 bridgehead atoms. The zero-order valence-corrected chi connectivity index (χ0v) is 11.3. The van der Waals surface area contributed by atoms with Gasteiger partial charge in [0.25, 0.3) is 23.6 Å². The van der Waals surface area contributed by atoms with E-state index in [9.17, 15) is 19.2 Å². The molecule has 1 aromatic rings. The Kier molecular flexibility index (Phi) is 3.27. The van der Waals surface area contributed by atoms with Gasteiger partial charge in [0, 0.05) is 17.7 Å². The van der Waals surface area contributed by atoms with Gasteiger partial charge in [0.15, 0.2) is 0 Å². The first kappa shape index (κ1) is 13.7. The summed E-state index contributed by atoms with van der Waals surface area (Å²) >= 11 is 0. The van der Waals surface area contributed by atoms with Gasteiger partial charge >= 0.3 is 0 Å². The molecule has 0 saturated carbocycles. The van der Waals surface area contributed by atoms with Crippen LogP contribution in [0.1, 0.15) is 5.56 Å². The fraction of sp³-hybridized carbons (Fsp3) is 0. The highest BCUT2D eigenvalue weighted by Gasteiger charge is 2.31. The van der Waals surface area contributed by atoms with Crippen LogP contribution in [0, 0.1) is 0 Å². The van der Waals surface area contributed by atoms with E-state index in [1.807, 2.05) is 6.07 Å². The van der Waals surface area contributed by atoms with E-state index in [2.05, 4.69) is 10.6 Å². The van der Waals surface area contributed by atoms with Crippen LogP contribution in [0.5, 0.6) is 0 Å². The summed E-state index contributed by atoms with van der Waals surface area (Å²) in [5.41, 5.74) is 1.09. The first-order chi connectivity index (χ1) is 10.5. The summed E-state index contributed by atoms with van der Waals surface area (Å²) < 4.78 is 0. The molecular formula is C16H10N2O4. The minimum atomic E-state index is -0.597. The molecule has 2 N–H and O–H groups in total. The van der Waals surface area contributed by atoms with Gasteiger partial charge in [-0.15, -0.1) is 0 Å². The van der Waals surface area contributed by atoms with Crippen molar-refractivity contribution in [3.05, 3.63) is 64.8 Å². The number of carbonyl (C=O) groups is 4. The lowest BCUT2D eigenvalue weighted by Gasteiger charge is -2.07. The fourth-order valence-electron chi connectivity index (χ4n) is 2.24. The Hall–Kier alpha value is -3.28. The van der Waals surface area contributed by atoms with E-state index in [1.54, 1.807) is 30.3 Å². The van der Waals surface area contributed by atoms with Crippen LogP contribution < -0.4 is 10.6 Å². The summed E-state index contributed by atoms with van der Waals surface area (Å²) in [6.45, 7) is 0. The fourth-order valence-corrected chi connectivity index (χ4v) is 2.24. The van der Waals surface area contributed by atoms with Gasteiger partial charge < -0.3 is 0 Å². The monoisotopic (exact) mass is 294 g/mol. The minimum Gasteiger partial charge on any atom is -0.289 e. The molecule has 3 rings (SSSR count). The first-order valence-electron chi connectivity index (χ1n) is 6.46. The SMILES string of the molecule is O=C1C=C(C(=Cc2ccccc2)C2=CC(=O)NC2=O)C(=O)N1. The molecule has 2 aliphatic heterocycles. The normalized spacial score (nSPS) is 16.9. The quantitative estimate of drug-likeness (QED) is 0.781. The average Bonchev–Trinajstić information content (AvgIpc) is 2.99. The van der Waals surface area contributed by atoms with Gasteiger partial charge in [0.1, 0.15) is 0 Å². The van der Waals surface area contributed by atoms with Crippen LogP contribution in [-0.4, -0.2) is 23.6 Å². The Morgan fingerprint density at radius 1 is 0.773 bits per heavy atom. The van der Waals surface area contributed by atoms with Crippen molar-refractivity contribution >= 4 is 29.7 Å². The van der Waals surface area contributed by atoms with Gasteiger partial charge in [-0.25, -0.2) is 0 Å². The second-order valence-electron chi connectivity index (χ2n) is 4.72. The number of nitrogens with one attached hydrogen (secondary N) is 2. The van der Waals surface area contributed by atoms with E-state index in [1.165, 1.54) is 0 Å². The van der Waals surface area contributed by atoms with Crippen LogP contribution in [0.4, 0.5) is 0 Å². The Balaban J connectivity index is 2.14. The molecule has 2 heterocycles. The Bertz CT molecular complexity index is 755. The molecule has 1 aromatic carbocycles. The summed E-state index contributed by atoms with van der Waals surface area (Å²) in [5.74, 6) is -2.30. The van der Waals surface area contributed by atoms with E-state index in [4.69, 9.17) is 0 Å². The summed E-state index contributed by atoms with van der Waals surface area (Å²) in [7, 11) is 0. The van der Waals surface area contributed by atoms with E-state index in [0.29, 0.717) is 0 Å². The van der Waals surface area contributed by atoms with Crippen molar-refractivity contribution in [2.75, 3.05) is 0 Å². The van der Waals surface area contributed by atoms with Crippen LogP contribution >= 0.6 is 0 Å². The molecule has 108 valence electrons. The molecule has 2 aliphatic rings. The molecule has 4 amide bonds. The van der Waals surface area contributed by atoms with Crippen LogP contribution in [0.25, 0.3) is 6.08 Å². The molecule has 0 radical (unpaired) electrons. The predicted octanol–water partition coefficient (Wildman–Crippen LogP) is 0.236. The summed E-state index contributed by atoms with van der Waals surface area (Å²) in [4.78, 5) is 46.5. The lowest BCUT2D eigenvalue weighted by atomic mass is 9.95. The molecule has 0 aliphatic carbocycles. The minimum absolute atomic E-state index is 0.0601. The van der Waals surface area contributed by atoms with Crippen LogP contribution in [0.15, 0.2) is 59.2 Å². The molecule has 6 heteroatoms. The Labute approximate surface area is 125 Å². The van der Waals surface area contributed by atoms with Crippen molar-refractivity contribution in [1.82, 2.24) is 10.6 Å². The van der Waals surface area contributed by atoms with E-state index >= 15 is 0 Å². The molecule has 22 heavy (non-hydrogen) atoms. The van der Waals surface area contributed by atoms with Crippen LogP contribution in [-0.2, 0) is 19.2 Å². The third kappa shape index (κ3) is 2.49. The van der Waals surface area contributed by atoms with Crippen LogP contribution in [0.3, 0.4) is 0 Å². The van der Waals surface area contributed by atoms with E-state index < -0.39 is 23.6 Å². The number of hydrogen-bond donors (Lipinski definition) is 2. The Morgan fingerprint density at radius 3 is 1.68 bits per heavy atom. The number of hydrogen-bond acceptors (Lipinski definition) is 4. The number of amides is 4. The maximum atomic E-state index is 11.9. The van der Waals surface area contributed by atoms with Gasteiger partial charge in [0.2, 0.25) is 0 Å². The second-order valence-corrected chi connectivity index (χ2v) is 4.72. The Morgan fingerprint density at radius 2 is 1.27 bits per heavy atom. The van der Waals surface area contributed by atoms with Crippen molar-refractivity contribution in [3.63, 3.8) is 0 Å². The number of imide groups is 2. The third-order valence-corrected chi connectivity index (χ3v) is 3.20. The molecule has 0 spiro atoms.